The minimum absolute atomic E-state index is 0.213. The number of fused-ring (bicyclic) bond motifs is 1. The van der Waals surface area contributed by atoms with E-state index in [4.69, 9.17) is 4.74 Å². The van der Waals surface area contributed by atoms with Gasteiger partial charge >= 0.3 is 5.97 Å². The summed E-state index contributed by atoms with van der Waals surface area (Å²) in [6.07, 6.45) is 3.07. The summed E-state index contributed by atoms with van der Waals surface area (Å²) in [7, 11) is 0. The summed E-state index contributed by atoms with van der Waals surface area (Å²) in [5, 5.41) is 3.27. The van der Waals surface area contributed by atoms with Gasteiger partial charge in [-0.2, -0.15) is 0 Å². The Hall–Kier alpha value is -1.51. The highest BCUT2D eigenvalue weighted by Gasteiger charge is 2.14. The molecule has 1 N–H and O–H groups in total. The fourth-order valence-electron chi connectivity index (χ4n) is 2.16. The van der Waals surface area contributed by atoms with Crippen LogP contribution in [-0.4, -0.2) is 19.1 Å². The highest BCUT2D eigenvalue weighted by Crippen LogP contribution is 2.23. The van der Waals surface area contributed by atoms with Gasteiger partial charge < -0.3 is 10.1 Å². The summed E-state index contributed by atoms with van der Waals surface area (Å²) >= 11 is 0. The highest BCUT2D eigenvalue weighted by molar-refractivity contribution is 5.91. The van der Waals surface area contributed by atoms with Crippen LogP contribution < -0.4 is 5.32 Å². The fourth-order valence-corrected chi connectivity index (χ4v) is 2.16. The van der Waals surface area contributed by atoms with E-state index in [9.17, 15) is 4.79 Å². The molecule has 18 heavy (non-hydrogen) atoms. The molecule has 0 aliphatic carbocycles. The van der Waals surface area contributed by atoms with Crippen molar-refractivity contribution in [3.63, 3.8) is 0 Å². The van der Waals surface area contributed by atoms with Gasteiger partial charge in [0.15, 0.2) is 0 Å². The summed E-state index contributed by atoms with van der Waals surface area (Å²) < 4.78 is 5.27. The Morgan fingerprint density at radius 1 is 1.44 bits per heavy atom. The maximum atomic E-state index is 11.8. The monoisotopic (exact) mass is 247 g/mol. The molecule has 98 valence electrons. The quantitative estimate of drug-likeness (QED) is 0.641. The van der Waals surface area contributed by atoms with Crippen LogP contribution in [0, 0.1) is 5.92 Å². The first-order valence-electron chi connectivity index (χ1n) is 6.71. The number of carbonyl (C=O) groups excluding carboxylic acids is 1. The molecule has 0 saturated carbocycles. The van der Waals surface area contributed by atoms with Gasteiger partial charge in [-0.1, -0.05) is 19.9 Å². The molecular formula is C15H21NO2. The zero-order valence-corrected chi connectivity index (χ0v) is 11.2. The van der Waals surface area contributed by atoms with Crippen molar-refractivity contribution in [2.75, 3.05) is 18.5 Å². The van der Waals surface area contributed by atoms with Gasteiger partial charge in [0.25, 0.3) is 0 Å². The third-order valence-corrected chi connectivity index (χ3v) is 3.21. The molecule has 3 heteroatoms. The van der Waals surface area contributed by atoms with Crippen molar-refractivity contribution in [1.29, 1.82) is 0 Å². The normalized spacial score (nSPS) is 13.3. The van der Waals surface area contributed by atoms with Crippen molar-refractivity contribution < 1.29 is 9.53 Å². The van der Waals surface area contributed by atoms with Crippen LogP contribution in [0.15, 0.2) is 18.2 Å². The van der Waals surface area contributed by atoms with Gasteiger partial charge in [-0.05, 0) is 42.9 Å². The largest absolute Gasteiger partial charge is 0.462 e. The van der Waals surface area contributed by atoms with Gasteiger partial charge in [-0.15, -0.1) is 0 Å². The van der Waals surface area contributed by atoms with Crippen molar-refractivity contribution in [1.82, 2.24) is 0 Å². The fraction of sp³-hybridized carbons (Fsp3) is 0.533. The lowest BCUT2D eigenvalue weighted by molar-refractivity contribution is 0.0495. The molecular weight excluding hydrogens is 226 g/mol. The van der Waals surface area contributed by atoms with Crippen molar-refractivity contribution >= 4 is 11.7 Å². The number of benzene rings is 1. The number of esters is 1. The number of hydrogen-bond acceptors (Lipinski definition) is 3. The lowest BCUT2D eigenvalue weighted by Crippen LogP contribution is -2.07. The van der Waals surface area contributed by atoms with Crippen molar-refractivity contribution in [2.45, 2.75) is 33.1 Å². The standard InChI is InChI=1S/C15H21NO2/c1-11(2)4-3-9-18-15(17)13-6-5-12-7-8-16-14(12)10-13/h5-6,10-11,16H,3-4,7-9H2,1-2H3. The second kappa shape index (κ2) is 5.89. The predicted octanol–water partition coefficient (Wildman–Crippen LogP) is 3.25. The molecule has 1 heterocycles. The van der Waals surface area contributed by atoms with E-state index >= 15 is 0 Å². The Balaban J connectivity index is 1.85. The molecule has 1 aromatic carbocycles. The summed E-state index contributed by atoms with van der Waals surface area (Å²) in [6, 6.07) is 5.77. The van der Waals surface area contributed by atoms with Crippen molar-refractivity contribution in [2.24, 2.45) is 5.92 Å². The summed E-state index contributed by atoms with van der Waals surface area (Å²) in [6.45, 7) is 5.83. The van der Waals surface area contributed by atoms with Crippen LogP contribution in [0.5, 0.6) is 0 Å². The van der Waals surface area contributed by atoms with Crippen LogP contribution in [0.3, 0.4) is 0 Å². The molecule has 0 radical (unpaired) electrons. The van der Waals surface area contributed by atoms with Gasteiger partial charge in [-0.3, -0.25) is 0 Å². The van der Waals surface area contributed by atoms with Crippen LogP contribution in [0.25, 0.3) is 0 Å². The third-order valence-electron chi connectivity index (χ3n) is 3.21. The molecule has 1 aliphatic heterocycles. The molecule has 0 unspecified atom stereocenters. The van der Waals surface area contributed by atoms with E-state index in [1.165, 1.54) is 5.56 Å². The number of rotatable bonds is 5. The lowest BCUT2D eigenvalue weighted by Gasteiger charge is -2.07. The van der Waals surface area contributed by atoms with Crippen molar-refractivity contribution in [3.8, 4) is 0 Å². The molecule has 3 nitrogen and oxygen atoms in total. The summed E-state index contributed by atoms with van der Waals surface area (Å²) in [4.78, 5) is 11.8. The van der Waals surface area contributed by atoms with Crippen LogP contribution >= 0.6 is 0 Å². The summed E-state index contributed by atoms with van der Waals surface area (Å²) in [5.74, 6) is 0.447. The molecule has 2 rings (SSSR count). The van der Waals surface area contributed by atoms with Gasteiger partial charge in [0.05, 0.1) is 12.2 Å². The van der Waals surface area contributed by atoms with Crippen LogP contribution in [0.2, 0.25) is 0 Å². The second-order valence-electron chi connectivity index (χ2n) is 5.22. The third kappa shape index (κ3) is 3.25. The van der Waals surface area contributed by atoms with Gasteiger partial charge in [-0.25, -0.2) is 4.79 Å². The zero-order chi connectivity index (χ0) is 13.0. The highest BCUT2D eigenvalue weighted by atomic mass is 16.5. The molecule has 0 spiro atoms. The SMILES string of the molecule is CC(C)CCCOC(=O)c1ccc2c(c1)NCC2. The van der Waals surface area contributed by atoms with E-state index in [2.05, 4.69) is 19.2 Å². The molecule has 0 saturated heterocycles. The first kappa shape index (κ1) is 12.9. The molecule has 0 aromatic heterocycles. The second-order valence-corrected chi connectivity index (χ2v) is 5.22. The number of anilines is 1. The lowest BCUT2D eigenvalue weighted by atomic mass is 10.1. The first-order chi connectivity index (χ1) is 8.66. The first-order valence-corrected chi connectivity index (χ1v) is 6.71. The molecule has 1 aliphatic rings. The summed E-state index contributed by atoms with van der Waals surface area (Å²) in [5.41, 5.74) is 3.01. The van der Waals surface area contributed by atoms with E-state index in [1.54, 1.807) is 0 Å². The van der Waals surface area contributed by atoms with E-state index in [1.807, 2.05) is 18.2 Å². The number of carbonyl (C=O) groups is 1. The predicted molar refractivity (Wildman–Crippen MR) is 73.0 cm³/mol. The minimum atomic E-state index is -0.213. The van der Waals surface area contributed by atoms with E-state index in [0.29, 0.717) is 18.1 Å². The average Bonchev–Trinajstić information content (AvgIpc) is 2.81. The minimum Gasteiger partial charge on any atom is -0.462 e. The molecule has 0 amide bonds. The Morgan fingerprint density at radius 3 is 3.06 bits per heavy atom. The zero-order valence-electron chi connectivity index (χ0n) is 11.2. The van der Waals surface area contributed by atoms with Crippen LogP contribution in [0.4, 0.5) is 5.69 Å². The van der Waals surface area contributed by atoms with E-state index in [0.717, 1.165) is 31.5 Å². The average molecular weight is 247 g/mol. The van der Waals surface area contributed by atoms with Gasteiger partial charge in [0.1, 0.15) is 0 Å². The molecule has 1 aromatic rings. The molecule has 0 fully saturated rings. The van der Waals surface area contributed by atoms with Gasteiger partial charge in [0, 0.05) is 12.2 Å². The Morgan fingerprint density at radius 2 is 2.28 bits per heavy atom. The van der Waals surface area contributed by atoms with Gasteiger partial charge in [0.2, 0.25) is 0 Å². The topological polar surface area (TPSA) is 38.3 Å². The number of ether oxygens (including phenoxy) is 1. The van der Waals surface area contributed by atoms with Crippen LogP contribution in [0.1, 0.15) is 42.6 Å². The smallest absolute Gasteiger partial charge is 0.338 e. The number of nitrogens with one attached hydrogen (secondary N) is 1. The Bertz CT molecular complexity index is 427. The van der Waals surface area contributed by atoms with E-state index in [-0.39, 0.29) is 5.97 Å². The Labute approximate surface area is 109 Å². The van der Waals surface area contributed by atoms with E-state index < -0.39 is 0 Å². The molecule has 0 bridgehead atoms. The molecule has 0 atom stereocenters. The van der Waals surface area contributed by atoms with Crippen LogP contribution in [-0.2, 0) is 11.2 Å². The van der Waals surface area contributed by atoms with Crippen molar-refractivity contribution in [3.05, 3.63) is 29.3 Å². The Kier molecular flexibility index (Phi) is 4.24. The number of hydrogen-bond donors (Lipinski definition) is 1. The maximum Gasteiger partial charge on any atom is 0.338 e. The maximum absolute atomic E-state index is 11.8.